The van der Waals surface area contributed by atoms with Gasteiger partial charge in [0.25, 0.3) is 0 Å². The van der Waals surface area contributed by atoms with Gasteiger partial charge in [0.2, 0.25) is 0 Å². The Morgan fingerprint density at radius 1 is 0.660 bits per heavy atom. The lowest BCUT2D eigenvalue weighted by Crippen LogP contribution is -2.71. The highest BCUT2D eigenvalue weighted by Crippen LogP contribution is 2.84. The van der Waals surface area contributed by atoms with E-state index in [1.165, 1.54) is 62.5 Å². The third-order valence-corrected chi connectivity index (χ3v) is 19.6. The number of Topliss-reactive ketones (excluding diaryl/α,β-unsaturated/α-hetero) is 1. The van der Waals surface area contributed by atoms with E-state index in [2.05, 4.69) is 33.8 Å². The van der Waals surface area contributed by atoms with E-state index in [0.29, 0.717) is 83.5 Å². The zero-order valence-corrected chi connectivity index (χ0v) is 29.8. The van der Waals surface area contributed by atoms with E-state index >= 15 is 4.79 Å². The summed E-state index contributed by atoms with van der Waals surface area (Å²) in [5.74, 6) is 6.64. The van der Waals surface area contributed by atoms with Crippen molar-refractivity contribution in [1.29, 1.82) is 0 Å². The number of carbonyl (C=O) groups excluding carboxylic acids is 3. The summed E-state index contributed by atoms with van der Waals surface area (Å²) >= 11 is 0. The first-order valence-electron chi connectivity index (χ1n) is 19.9. The summed E-state index contributed by atoms with van der Waals surface area (Å²) in [6.45, 7) is 10.3. The average molecular weight is 639 g/mol. The Hall–Kier alpha value is -1.55. The van der Waals surface area contributed by atoms with Gasteiger partial charge in [-0.1, -0.05) is 38.8 Å². The number of ketones is 3. The van der Waals surface area contributed by atoms with Crippen LogP contribution in [0.3, 0.4) is 0 Å². The van der Waals surface area contributed by atoms with Crippen LogP contribution in [-0.2, 0) is 19.1 Å². The molecule has 4 nitrogen and oxygen atoms in total. The van der Waals surface area contributed by atoms with Crippen molar-refractivity contribution >= 4 is 17.3 Å². The standard InChI is InChI=1S/C43H58O4/c1-38-14-10-27(44)18-24(38)6-8-29-31(38)12-16-40(3)33(29)21-35-37(40)42(47-5)22-26-20-34-30-9-7-25-19-28(45)11-15-39(25,2)32(30)13-17-41(34,4)43(26,35)36(46)23-42/h18-19,26,29-35,37H,6-17,20-23H2,1-5H3. The molecule has 0 aliphatic heterocycles. The molecule has 1 spiro atoms. The van der Waals surface area contributed by atoms with E-state index < -0.39 is 0 Å². The second-order valence-corrected chi connectivity index (χ2v) is 20.1. The van der Waals surface area contributed by atoms with Gasteiger partial charge in [-0.3, -0.25) is 14.4 Å². The minimum Gasteiger partial charge on any atom is -0.377 e. The lowest BCUT2D eigenvalue weighted by atomic mass is 9.36. The number of allylic oxidation sites excluding steroid dienone is 2. The maximum Gasteiger partial charge on any atom is 0.155 e. The molecule has 0 N–H and O–H groups in total. The van der Waals surface area contributed by atoms with Crippen LogP contribution in [-0.4, -0.2) is 30.1 Å². The van der Waals surface area contributed by atoms with E-state index in [0.717, 1.165) is 38.5 Å². The molecule has 9 saturated carbocycles. The van der Waals surface area contributed by atoms with E-state index in [1.54, 1.807) is 0 Å². The lowest BCUT2D eigenvalue weighted by Gasteiger charge is -2.68. The topological polar surface area (TPSA) is 60.4 Å². The van der Waals surface area contributed by atoms with Gasteiger partial charge in [0.05, 0.1) is 5.60 Å². The molecule has 0 radical (unpaired) electrons. The molecule has 0 heterocycles. The van der Waals surface area contributed by atoms with Gasteiger partial charge in [-0.25, -0.2) is 0 Å². The van der Waals surface area contributed by atoms with Gasteiger partial charge in [0, 0.05) is 31.8 Å². The summed E-state index contributed by atoms with van der Waals surface area (Å²) in [6.07, 6.45) is 21.3. The molecule has 11 aliphatic carbocycles. The van der Waals surface area contributed by atoms with Crippen molar-refractivity contribution in [1.82, 2.24) is 0 Å². The Balaban J connectivity index is 1.06. The predicted octanol–water partition coefficient (Wildman–Crippen LogP) is 8.87. The van der Waals surface area contributed by atoms with Gasteiger partial charge >= 0.3 is 0 Å². The summed E-state index contributed by atoms with van der Waals surface area (Å²) in [7, 11) is 1.96. The van der Waals surface area contributed by atoms with Gasteiger partial charge in [0.1, 0.15) is 5.78 Å². The van der Waals surface area contributed by atoms with Crippen LogP contribution in [0.4, 0.5) is 0 Å². The fourth-order valence-electron chi connectivity index (χ4n) is 18.0. The van der Waals surface area contributed by atoms with Gasteiger partial charge in [0.15, 0.2) is 11.6 Å². The maximum absolute atomic E-state index is 15.2. The lowest BCUT2D eigenvalue weighted by molar-refractivity contribution is -0.242. The Morgan fingerprint density at radius 2 is 1.26 bits per heavy atom. The SMILES string of the molecule is COC12CC(=O)C3(C(CC4C5CCC6=CC(=O)CCC6(C)C5CCC43C)C1)C1CC3C4CCC5=CC(=O)CCC5(C)C4CCC3(C)C12. The zero-order chi connectivity index (χ0) is 32.5. The highest BCUT2D eigenvalue weighted by Gasteiger charge is 2.83. The van der Waals surface area contributed by atoms with Gasteiger partial charge in [-0.15, -0.1) is 0 Å². The largest absolute Gasteiger partial charge is 0.377 e. The number of methoxy groups -OCH3 is 1. The summed E-state index contributed by atoms with van der Waals surface area (Å²) in [5.41, 5.74) is 3.06. The predicted molar refractivity (Wildman–Crippen MR) is 181 cm³/mol. The van der Waals surface area contributed by atoms with Crippen LogP contribution in [0, 0.1) is 80.3 Å². The molecule has 4 heteroatoms. The minimum absolute atomic E-state index is 0.0721. The normalized spacial score (nSPS) is 58.6. The molecule has 47 heavy (non-hydrogen) atoms. The molecule has 0 amide bonds. The summed E-state index contributed by atoms with van der Waals surface area (Å²) in [5, 5.41) is 0. The molecule has 0 aromatic carbocycles. The number of fused-ring (bicyclic) bond motifs is 11. The molecule has 15 unspecified atom stereocenters. The van der Waals surface area contributed by atoms with E-state index in [4.69, 9.17) is 4.74 Å². The van der Waals surface area contributed by atoms with Crippen LogP contribution >= 0.6 is 0 Å². The molecule has 11 aliphatic rings. The monoisotopic (exact) mass is 638 g/mol. The molecular weight excluding hydrogens is 580 g/mol. The van der Waals surface area contributed by atoms with E-state index in [1.807, 2.05) is 13.2 Å². The van der Waals surface area contributed by atoms with Crippen LogP contribution in [0.15, 0.2) is 23.3 Å². The molecule has 9 fully saturated rings. The quantitative estimate of drug-likeness (QED) is 0.288. The van der Waals surface area contributed by atoms with Crippen LogP contribution in [0.5, 0.6) is 0 Å². The molecule has 11 rings (SSSR count). The molecule has 2 bridgehead atoms. The zero-order valence-electron chi connectivity index (χ0n) is 29.8. The Bertz CT molecular complexity index is 1550. The second-order valence-electron chi connectivity index (χ2n) is 20.1. The van der Waals surface area contributed by atoms with Crippen LogP contribution < -0.4 is 0 Å². The average Bonchev–Trinajstić information content (AvgIpc) is 3.52. The molecule has 0 aromatic rings. The first kappa shape index (κ1) is 30.3. The number of hydrogen-bond donors (Lipinski definition) is 0. The fraction of sp³-hybridized carbons (Fsp3) is 0.837. The number of hydrogen-bond acceptors (Lipinski definition) is 4. The first-order chi connectivity index (χ1) is 22.4. The molecule has 254 valence electrons. The van der Waals surface area contributed by atoms with Gasteiger partial charge in [-0.05, 0) is 171 Å². The van der Waals surface area contributed by atoms with Crippen molar-refractivity contribution in [3.63, 3.8) is 0 Å². The van der Waals surface area contributed by atoms with Crippen molar-refractivity contribution < 1.29 is 19.1 Å². The Kier molecular flexibility index (Phi) is 5.94. The van der Waals surface area contributed by atoms with Gasteiger partial charge < -0.3 is 4.74 Å². The highest BCUT2D eigenvalue weighted by atomic mass is 16.5. The van der Waals surface area contributed by atoms with Crippen molar-refractivity contribution in [2.24, 2.45) is 80.3 Å². The van der Waals surface area contributed by atoms with Gasteiger partial charge in [-0.2, -0.15) is 0 Å². The summed E-state index contributed by atoms with van der Waals surface area (Å²) in [4.78, 5) is 40.2. The first-order valence-corrected chi connectivity index (χ1v) is 19.9. The van der Waals surface area contributed by atoms with Crippen molar-refractivity contribution in [2.45, 2.75) is 136 Å². The second kappa shape index (κ2) is 9.21. The minimum atomic E-state index is -0.299. The van der Waals surface area contributed by atoms with Crippen molar-refractivity contribution in [3.05, 3.63) is 23.3 Å². The molecule has 0 saturated heterocycles. The number of ether oxygens (including phenoxy) is 1. The number of carbonyl (C=O) groups is 3. The Labute approximate surface area is 282 Å². The smallest absolute Gasteiger partial charge is 0.155 e. The summed E-state index contributed by atoms with van der Waals surface area (Å²) < 4.78 is 6.81. The maximum atomic E-state index is 15.2. The number of rotatable bonds is 1. The third-order valence-electron chi connectivity index (χ3n) is 19.6. The molecule has 0 aromatic heterocycles. The summed E-state index contributed by atoms with van der Waals surface area (Å²) in [6, 6.07) is 0. The van der Waals surface area contributed by atoms with Crippen LogP contribution in [0.2, 0.25) is 0 Å². The molecular formula is C43H58O4. The third kappa shape index (κ3) is 3.27. The van der Waals surface area contributed by atoms with Crippen molar-refractivity contribution in [3.8, 4) is 0 Å². The van der Waals surface area contributed by atoms with E-state index in [-0.39, 0.29) is 32.7 Å². The van der Waals surface area contributed by atoms with Crippen molar-refractivity contribution in [2.75, 3.05) is 7.11 Å². The van der Waals surface area contributed by atoms with E-state index in [9.17, 15) is 9.59 Å². The Morgan fingerprint density at radius 3 is 1.87 bits per heavy atom. The van der Waals surface area contributed by atoms with Crippen LogP contribution in [0.1, 0.15) is 130 Å². The highest BCUT2D eigenvalue weighted by molar-refractivity contribution is 5.92. The van der Waals surface area contributed by atoms with Crippen LogP contribution in [0.25, 0.3) is 0 Å². The fourth-order valence-corrected chi connectivity index (χ4v) is 18.0. The molecule has 15 atom stereocenters.